The summed E-state index contributed by atoms with van der Waals surface area (Å²) in [4.78, 5) is 27.2. The summed E-state index contributed by atoms with van der Waals surface area (Å²) in [5.74, 6) is 1.06. The van der Waals surface area contributed by atoms with E-state index in [0.29, 0.717) is 24.3 Å². The number of nitrogens with one attached hydrogen (secondary N) is 2. The Morgan fingerprint density at radius 2 is 1.72 bits per heavy atom. The van der Waals surface area contributed by atoms with Crippen molar-refractivity contribution in [3.05, 3.63) is 82.5 Å². The maximum Gasteiger partial charge on any atom is 0.257 e. The van der Waals surface area contributed by atoms with Gasteiger partial charge in [0.15, 0.2) is 0 Å². The number of carbonyl (C=O) groups excluding carboxylic acids is 2. The molecular formula is C28H33BrN4O3. The van der Waals surface area contributed by atoms with Gasteiger partial charge >= 0.3 is 0 Å². The highest BCUT2D eigenvalue weighted by Gasteiger charge is 2.23. The highest BCUT2D eigenvalue weighted by atomic mass is 79.9. The van der Waals surface area contributed by atoms with Crippen molar-refractivity contribution >= 4 is 34.0 Å². The molecule has 0 aliphatic heterocycles. The lowest BCUT2D eigenvalue weighted by molar-refractivity contribution is -0.126. The molecule has 0 bridgehead atoms. The van der Waals surface area contributed by atoms with E-state index in [1.54, 1.807) is 12.1 Å². The van der Waals surface area contributed by atoms with Gasteiger partial charge in [-0.3, -0.25) is 14.5 Å². The van der Waals surface area contributed by atoms with E-state index in [9.17, 15) is 9.59 Å². The van der Waals surface area contributed by atoms with Crippen molar-refractivity contribution in [2.75, 3.05) is 19.6 Å². The van der Waals surface area contributed by atoms with Crippen molar-refractivity contribution in [1.29, 1.82) is 0 Å². The molecule has 1 heterocycles. The molecule has 0 fully saturated rings. The van der Waals surface area contributed by atoms with Crippen molar-refractivity contribution in [1.82, 2.24) is 15.6 Å². The van der Waals surface area contributed by atoms with E-state index in [-0.39, 0.29) is 17.9 Å². The van der Waals surface area contributed by atoms with Gasteiger partial charge in [0.1, 0.15) is 11.5 Å². The van der Waals surface area contributed by atoms with Gasteiger partial charge in [-0.15, -0.1) is 0 Å². The minimum atomic E-state index is -0.295. The van der Waals surface area contributed by atoms with Crippen LogP contribution in [0.4, 0.5) is 0 Å². The van der Waals surface area contributed by atoms with Gasteiger partial charge < -0.3 is 9.73 Å². The van der Waals surface area contributed by atoms with Crippen molar-refractivity contribution < 1.29 is 14.0 Å². The van der Waals surface area contributed by atoms with Crippen molar-refractivity contribution in [3.8, 4) is 11.3 Å². The van der Waals surface area contributed by atoms with E-state index in [0.717, 1.165) is 41.7 Å². The van der Waals surface area contributed by atoms with Gasteiger partial charge in [0.2, 0.25) is 0 Å². The van der Waals surface area contributed by atoms with E-state index in [4.69, 9.17) is 4.42 Å². The first-order chi connectivity index (χ1) is 17.5. The van der Waals surface area contributed by atoms with Crippen LogP contribution in [0.25, 0.3) is 11.3 Å². The Morgan fingerprint density at radius 3 is 2.42 bits per heavy atom. The van der Waals surface area contributed by atoms with Crippen molar-refractivity contribution in [3.63, 3.8) is 0 Å². The van der Waals surface area contributed by atoms with Crippen LogP contribution < -0.4 is 10.7 Å². The van der Waals surface area contributed by atoms with Crippen molar-refractivity contribution in [2.45, 2.75) is 39.2 Å². The van der Waals surface area contributed by atoms with E-state index in [1.807, 2.05) is 68.4 Å². The minimum absolute atomic E-state index is 0.0795. The highest BCUT2D eigenvalue weighted by Crippen LogP contribution is 2.23. The summed E-state index contributed by atoms with van der Waals surface area (Å²) in [6, 6.07) is 20.4. The molecule has 2 aromatic carbocycles. The van der Waals surface area contributed by atoms with Crippen LogP contribution in [0.2, 0.25) is 0 Å². The van der Waals surface area contributed by atoms with E-state index < -0.39 is 0 Å². The first-order valence-electron chi connectivity index (χ1n) is 12.3. The smallest absolute Gasteiger partial charge is 0.257 e. The van der Waals surface area contributed by atoms with Gasteiger partial charge in [-0.1, -0.05) is 60.1 Å². The predicted octanol–water partition coefficient (Wildman–Crippen LogP) is 5.47. The normalized spacial score (nSPS) is 12.1. The Balaban J connectivity index is 1.49. The number of benzene rings is 2. The second kappa shape index (κ2) is 14.4. The number of hydrazone groups is 1. The molecule has 8 heteroatoms. The SMILES string of the molecule is CCN(CC)C(CCCCNC(=O)c1ccccc1)C(=O)NN=Cc1ccc(-c2ccc(Br)cc2)o1. The van der Waals surface area contributed by atoms with E-state index in [2.05, 4.69) is 36.7 Å². The van der Waals surface area contributed by atoms with Crippen LogP contribution in [0.1, 0.15) is 49.2 Å². The molecule has 0 saturated carbocycles. The van der Waals surface area contributed by atoms with Gasteiger partial charge in [0.05, 0.1) is 12.3 Å². The Kier molecular flexibility index (Phi) is 10.9. The predicted molar refractivity (Wildman–Crippen MR) is 147 cm³/mol. The molecule has 0 spiro atoms. The largest absolute Gasteiger partial charge is 0.455 e. The number of amides is 2. The molecule has 0 aliphatic rings. The number of halogens is 1. The first kappa shape index (κ1) is 27.4. The summed E-state index contributed by atoms with van der Waals surface area (Å²) in [5, 5.41) is 7.06. The zero-order valence-corrected chi connectivity index (χ0v) is 22.3. The third kappa shape index (κ3) is 8.17. The molecule has 0 radical (unpaired) electrons. The molecule has 0 saturated heterocycles. The quantitative estimate of drug-likeness (QED) is 0.167. The van der Waals surface area contributed by atoms with Crippen molar-refractivity contribution in [2.24, 2.45) is 5.10 Å². The summed E-state index contributed by atoms with van der Waals surface area (Å²) < 4.78 is 6.83. The molecule has 36 heavy (non-hydrogen) atoms. The number of rotatable bonds is 13. The van der Waals surface area contributed by atoms with Crippen LogP contribution in [0.3, 0.4) is 0 Å². The zero-order valence-electron chi connectivity index (χ0n) is 20.7. The topological polar surface area (TPSA) is 86.9 Å². The monoisotopic (exact) mass is 552 g/mol. The third-order valence-electron chi connectivity index (χ3n) is 5.90. The lowest BCUT2D eigenvalue weighted by Gasteiger charge is -2.27. The lowest BCUT2D eigenvalue weighted by atomic mass is 10.1. The average Bonchev–Trinajstić information content (AvgIpc) is 3.37. The number of furan rings is 1. The number of unbranched alkanes of at least 4 members (excludes halogenated alkanes) is 1. The molecule has 1 unspecified atom stereocenters. The Bertz CT molecular complexity index is 1130. The summed E-state index contributed by atoms with van der Waals surface area (Å²) in [7, 11) is 0. The highest BCUT2D eigenvalue weighted by molar-refractivity contribution is 9.10. The van der Waals surface area contributed by atoms with Gasteiger partial charge in [-0.05, 0) is 68.8 Å². The second-order valence-corrected chi connectivity index (χ2v) is 9.21. The van der Waals surface area contributed by atoms with E-state index >= 15 is 0 Å². The molecular weight excluding hydrogens is 520 g/mol. The lowest BCUT2D eigenvalue weighted by Crippen LogP contribution is -2.45. The van der Waals surface area contributed by atoms with Crippen LogP contribution in [0, 0.1) is 0 Å². The van der Waals surface area contributed by atoms with Gasteiger partial charge in [-0.25, -0.2) is 5.43 Å². The molecule has 2 N–H and O–H groups in total. The number of likely N-dealkylation sites (N-methyl/N-ethyl adjacent to an activating group) is 1. The van der Waals surface area contributed by atoms with Crippen LogP contribution in [0.15, 0.2) is 80.7 Å². The molecule has 3 rings (SSSR count). The molecule has 1 atom stereocenters. The minimum Gasteiger partial charge on any atom is -0.455 e. The number of nitrogens with zero attached hydrogens (tertiary/aromatic N) is 2. The molecule has 2 amide bonds. The fourth-order valence-electron chi connectivity index (χ4n) is 3.93. The molecule has 1 aromatic heterocycles. The molecule has 0 aliphatic carbocycles. The first-order valence-corrected chi connectivity index (χ1v) is 13.1. The Labute approximate surface area is 221 Å². The molecule has 190 valence electrons. The molecule has 3 aromatic rings. The Hall–Kier alpha value is -3.23. The fraction of sp³-hybridized carbons (Fsp3) is 0.321. The van der Waals surface area contributed by atoms with Crippen LogP contribution in [0.5, 0.6) is 0 Å². The number of hydrogen-bond acceptors (Lipinski definition) is 5. The number of carbonyl (C=O) groups is 2. The van der Waals surface area contributed by atoms with Crippen LogP contribution in [-0.2, 0) is 4.79 Å². The summed E-state index contributed by atoms with van der Waals surface area (Å²) in [6.07, 6.45) is 3.79. The van der Waals surface area contributed by atoms with E-state index in [1.165, 1.54) is 6.21 Å². The molecule has 7 nitrogen and oxygen atoms in total. The summed E-state index contributed by atoms with van der Waals surface area (Å²) in [5.41, 5.74) is 4.28. The van der Waals surface area contributed by atoms with Gasteiger partial charge in [0, 0.05) is 22.1 Å². The maximum absolute atomic E-state index is 12.9. The Morgan fingerprint density at radius 1 is 1.00 bits per heavy atom. The zero-order chi connectivity index (χ0) is 25.8. The van der Waals surface area contributed by atoms with Crippen LogP contribution >= 0.6 is 15.9 Å². The average molecular weight is 554 g/mol. The standard InChI is InChI=1S/C28H33BrN4O3/c1-3-33(4-2)25(12-8-9-19-30-27(34)22-10-6-5-7-11-22)28(35)32-31-20-24-17-18-26(36-24)21-13-15-23(29)16-14-21/h5-7,10-11,13-18,20,25H,3-4,8-9,12,19H2,1-2H3,(H,30,34)(H,32,35). The third-order valence-corrected chi connectivity index (χ3v) is 6.43. The van der Waals surface area contributed by atoms with Gasteiger partial charge in [-0.2, -0.15) is 5.10 Å². The number of hydrogen-bond donors (Lipinski definition) is 2. The fourth-order valence-corrected chi connectivity index (χ4v) is 4.19. The maximum atomic E-state index is 12.9. The van der Waals surface area contributed by atoms with Crippen LogP contribution in [-0.4, -0.2) is 48.6 Å². The van der Waals surface area contributed by atoms with Gasteiger partial charge in [0.25, 0.3) is 11.8 Å². The summed E-state index contributed by atoms with van der Waals surface area (Å²) in [6.45, 7) is 6.17. The summed E-state index contributed by atoms with van der Waals surface area (Å²) >= 11 is 3.43. The second-order valence-electron chi connectivity index (χ2n) is 8.30.